The van der Waals surface area contributed by atoms with Crippen LogP contribution in [0, 0.1) is 5.92 Å². The molecule has 0 fully saturated rings. The maximum Gasteiger partial charge on any atom is 0.257 e. The third-order valence-corrected chi connectivity index (χ3v) is 3.09. The van der Waals surface area contributed by atoms with Crippen molar-refractivity contribution in [3.05, 3.63) is 23.8 Å². The van der Waals surface area contributed by atoms with E-state index >= 15 is 0 Å². The van der Waals surface area contributed by atoms with E-state index in [1.807, 2.05) is 12.1 Å². The summed E-state index contributed by atoms with van der Waals surface area (Å²) in [4.78, 5) is 11.7. The summed E-state index contributed by atoms with van der Waals surface area (Å²) in [6.07, 6.45) is 1.66. The quantitative estimate of drug-likeness (QED) is 0.727. The second-order valence-electron chi connectivity index (χ2n) is 5.33. The first-order valence-corrected chi connectivity index (χ1v) is 7.33. The molecular weight excluding hydrogens is 268 g/mol. The summed E-state index contributed by atoms with van der Waals surface area (Å²) in [6.45, 7) is 5.45. The van der Waals surface area contributed by atoms with Gasteiger partial charge in [-0.15, -0.1) is 0 Å². The highest BCUT2D eigenvalue weighted by Gasteiger charge is 2.08. The number of hydrogen-bond donors (Lipinski definition) is 2. The summed E-state index contributed by atoms with van der Waals surface area (Å²) in [7, 11) is 1.60. The highest BCUT2D eigenvalue weighted by atomic mass is 16.5. The second kappa shape index (κ2) is 9.23. The van der Waals surface area contributed by atoms with Crippen LogP contribution in [0.15, 0.2) is 18.2 Å². The molecule has 0 radical (unpaired) electrons. The monoisotopic (exact) mass is 294 g/mol. The molecule has 0 saturated heterocycles. The lowest BCUT2D eigenvalue weighted by atomic mass is 10.1. The molecule has 118 valence electrons. The zero-order valence-electron chi connectivity index (χ0n) is 13.1. The number of nitrogens with two attached hydrogens (primary N) is 1. The van der Waals surface area contributed by atoms with E-state index in [-0.39, 0.29) is 12.5 Å². The lowest BCUT2D eigenvalue weighted by Gasteiger charge is -2.13. The van der Waals surface area contributed by atoms with E-state index in [4.69, 9.17) is 15.2 Å². The summed E-state index contributed by atoms with van der Waals surface area (Å²) in [6, 6.07) is 5.56. The average molecular weight is 294 g/mol. The number of ether oxygens (including phenoxy) is 2. The molecule has 0 aliphatic heterocycles. The molecule has 0 aromatic heterocycles. The number of amides is 1. The van der Waals surface area contributed by atoms with Crippen LogP contribution in [0.25, 0.3) is 0 Å². The van der Waals surface area contributed by atoms with Gasteiger partial charge in [-0.2, -0.15) is 0 Å². The van der Waals surface area contributed by atoms with Crippen molar-refractivity contribution in [2.45, 2.75) is 26.7 Å². The fourth-order valence-electron chi connectivity index (χ4n) is 1.85. The van der Waals surface area contributed by atoms with Crippen molar-refractivity contribution in [1.82, 2.24) is 5.32 Å². The van der Waals surface area contributed by atoms with Gasteiger partial charge in [0.1, 0.15) is 11.5 Å². The maximum atomic E-state index is 11.7. The Bertz CT molecular complexity index is 447. The van der Waals surface area contributed by atoms with Crippen LogP contribution in [0.2, 0.25) is 0 Å². The summed E-state index contributed by atoms with van der Waals surface area (Å²) in [5, 5.41) is 2.84. The number of carbonyl (C=O) groups is 1. The summed E-state index contributed by atoms with van der Waals surface area (Å²) < 4.78 is 10.8. The molecule has 1 aromatic carbocycles. The Kier molecular flexibility index (Phi) is 7.61. The lowest BCUT2D eigenvalue weighted by molar-refractivity contribution is -0.123. The largest absolute Gasteiger partial charge is 0.497 e. The first kappa shape index (κ1) is 17.3. The number of benzene rings is 1. The zero-order valence-corrected chi connectivity index (χ0v) is 13.1. The van der Waals surface area contributed by atoms with E-state index in [9.17, 15) is 4.79 Å². The molecule has 5 nitrogen and oxygen atoms in total. The Morgan fingerprint density at radius 1 is 1.38 bits per heavy atom. The summed E-state index contributed by atoms with van der Waals surface area (Å²) in [5.74, 6) is 1.81. The lowest BCUT2D eigenvalue weighted by Crippen LogP contribution is -2.30. The van der Waals surface area contributed by atoms with Gasteiger partial charge in [0.25, 0.3) is 5.91 Å². The predicted molar refractivity (Wildman–Crippen MR) is 83.7 cm³/mol. The Morgan fingerprint density at radius 2 is 2.14 bits per heavy atom. The Morgan fingerprint density at radius 3 is 2.76 bits per heavy atom. The van der Waals surface area contributed by atoms with E-state index in [1.165, 1.54) is 0 Å². The Hall–Kier alpha value is -1.75. The molecule has 1 aromatic rings. The van der Waals surface area contributed by atoms with E-state index in [1.54, 1.807) is 13.2 Å². The number of rotatable bonds is 9. The fraction of sp³-hybridized carbons (Fsp3) is 0.562. The van der Waals surface area contributed by atoms with Crippen molar-refractivity contribution in [2.24, 2.45) is 11.7 Å². The number of carbonyl (C=O) groups excluding carboxylic acids is 1. The van der Waals surface area contributed by atoms with Crippen LogP contribution in [0.1, 0.15) is 25.8 Å². The molecular formula is C16H26N2O3. The van der Waals surface area contributed by atoms with Crippen LogP contribution in [0.3, 0.4) is 0 Å². The van der Waals surface area contributed by atoms with Crippen molar-refractivity contribution in [1.29, 1.82) is 0 Å². The normalized spacial score (nSPS) is 10.5. The van der Waals surface area contributed by atoms with Crippen LogP contribution in [0.4, 0.5) is 0 Å². The van der Waals surface area contributed by atoms with Gasteiger partial charge in [0.15, 0.2) is 6.61 Å². The topological polar surface area (TPSA) is 73.6 Å². The molecule has 0 aliphatic carbocycles. The third-order valence-electron chi connectivity index (χ3n) is 3.09. The van der Waals surface area contributed by atoms with Crippen molar-refractivity contribution in [3.8, 4) is 11.5 Å². The van der Waals surface area contributed by atoms with Crippen LogP contribution in [-0.2, 0) is 11.2 Å². The van der Waals surface area contributed by atoms with Gasteiger partial charge < -0.3 is 20.5 Å². The predicted octanol–water partition coefficient (Wildman–Crippen LogP) is 1.74. The third kappa shape index (κ3) is 6.49. The molecule has 0 spiro atoms. The van der Waals surface area contributed by atoms with E-state index in [0.717, 1.165) is 12.0 Å². The van der Waals surface area contributed by atoms with Gasteiger partial charge in [-0.3, -0.25) is 4.79 Å². The molecule has 1 amide bonds. The van der Waals surface area contributed by atoms with Gasteiger partial charge in [0.05, 0.1) is 7.11 Å². The van der Waals surface area contributed by atoms with E-state index < -0.39 is 0 Å². The first-order valence-electron chi connectivity index (χ1n) is 7.33. The van der Waals surface area contributed by atoms with Gasteiger partial charge in [-0.1, -0.05) is 19.9 Å². The van der Waals surface area contributed by atoms with Gasteiger partial charge in [-0.25, -0.2) is 0 Å². The second-order valence-corrected chi connectivity index (χ2v) is 5.33. The van der Waals surface area contributed by atoms with Crippen LogP contribution < -0.4 is 20.5 Å². The number of methoxy groups -OCH3 is 1. The molecule has 0 heterocycles. The van der Waals surface area contributed by atoms with Gasteiger partial charge in [0.2, 0.25) is 0 Å². The SMILES string of the molecule is COc1ccc(CCN)c(OCC(=O)NCCC(C)C)c1. The van der Waals surface area contributed by atoms with Crippen molar-refractivity contribution >= 4 is 5.91 Å². The van der Waals surface area contributed by atoms with Crippen molar-refractivity contribution < 1.29 is 14.3 Å². The highest BCUT2D eigenvalue weighted by molar-refractivity contribution is 5.77. The Balaban J connectivity index is 2.54. The molecule has 0 atom stereocenters. The maximum absolute atomic E-state index is 11.7. The molecule has 5 heteroatoms. The van der Waals surface area contributed by atoms with Gasteiger partial charge in [-0.05, 0) is 36.9 Å². The number of nitrogens with one attached hydrogen (secondary N) is 1. The summed E-state index contributed by atoms with van der Waals surface area (Å²) in [5.41, 5.74) is 6.56. The van der Waals surface area contributed by atoms with Crippen molar-refractivity contribution in [2.75, 3.05) is 26.8 Å². The smallest absolute Gasteiger partial charge is 0.257 e. The minimum atomic E-state index is -0.114. The summed E-state index contributed by atoms with van der Waals surface area (Å²) >= 11 is 0. The number of hydrogen-bond acceptors (Lipinski definition) is 4. The molecule has 1 rings (SSSR count). The zero-order chi connectivity index (χ0) is 15.7. The molecule has 0 unspecified atom stereocenters. The van der Waals surface area contributed by atoms with Crippen molar-refractivity contribution in [3.63, 3.8) is 0 Å². The first-order chi connectivity index (χ1) is 10.1. The standard InChI is InChI=1S/C16H26N2O3/c1-12(2)7-9-18-16(19)11-21-15-10-14(20-3)5-4-13(15)6-8-17/h4-5,10,12H,6-9,11,17H2,1-3H3,(H,18,19). The molecule has 21 heavy (non-hydrogen) atoms. The average Bonchev–Trinajstić information content (AvgIpc) is 2.46. The minimum absolute atomic E-state index is 0.00281. The van der Waals surface area contributed by atoms with Gasteiger partial charge >= 0.3 is 0 Å². The minimum Gasteiger partial charge on any atom is -0.497 e. The van der Waals surface area contributed by atoms with E-state index in [2.05, 4.69) is 19.2 Å². The van der Waals surface area contributed by atoms with E-state index in [0.29, 0.717) is 36.9 Å². The van der Waals surface area contributed by atoms with Gasteiger partial charge in [0, 0.05) is 12.6 Å². The molecule has 0 aliphatic rings. The molecule has 3 N–H and O–H groups in total. The highest BCUT2D eigenvalue weighted by Crippen LogP contribution is 2.25. The van der Waals surface area contributed by atoms with Crippen LogP contribution in [-0.4, -0.2) is 32.7 Å². The molecule has 0 saturated carbocycles. The fourth-order valence-corrected chi connectivity index (χ4v) is 1.85. The van der Waals surface area contributed by atoms with Crippen LogP contribution in [0.5, 0.6) is 11.5 Å². The van der Waals surface area contributed by atoms with Crippen LogP contribution >= 0.6 is 0 Å². The molecule has 0 bridgehead atoms. The Labute approximate surface area is 126 Å².